The molecule has 128 valence electrons. The fraction of sp³-hybridized carbons (Fsp3) is 0.400. The molecule has 2 N–H and O–H groups in total. The Morgan fingerprint density at radius 3 is 3.04 bits per heavy atom. The van der Waals surface area contributed by atoms with Crippen LogP contribution in [-0.2, 0) is 9.59 Å². The number of aliphatic hydroxyl groups is 1. The lowest BCUT2D eigenvalue weighted by Crippen LogP contribution is -2.43. The molecule has 24 heavy (non-hydrogen) atoms. The molecule has 6 nitrogen and oxygen atoms in total. The third-order valence-corrected chi connectivity index (χ3v) is 6.20. The molecule has 3 rings (SSSR count). The van der Waals surface area contributed by atoms with Crippen LogP contribution in [0.5, 0.6) is 0 Å². The van der Waals surface area contributed by atoms with Gasteiger partial charge in [-0.3, -0.25) is 14.5 Å². The molecule has 1 aromatic heterocycles. The van der Waals surface area contributed by atoms with E-state index in [4.69, 9.17) is 16.6 Å². The molecule has 2 aliphatic rings. The van der Waals surface area contributed by atoms with E-state index in [-0.39, 0.29) is 30.8 Å². The third kappa shape index (κ3) is 4.02. The lowest BCUT2D eigenvalue weighted by Gasteiger charge is -2.17. The number of nitrogens with zero attached hydrogens (tertiary/aromatic N) is 1. The molecule has 0 saturated carbocycles. The molecule has 0 aliphatic carbocycles. The average Bonchev–Trinajstić information content (AvgIpc) is 3.24. The monoisotopic (exact) mass is 384 g/mol. The number of thioether (sulfide) groups is 2. The van der Waals surface area contributed by atoms with E-state index in [0.717, 1.165) is 0 Å². The molecule has 3 heterocycles. The van der Waals surface area contributed by atoms with Crippen molar-refractivity contribution in [3.05, 3.63) is 29.1 Å². The molecule has 0 bridgehead atoms. The Morgan fingerprint density at radius 2 is 2.38 bits per heavy atom. The number of carbonyl (C=O) groups excluding carboxylic acids is 2. The van der Waals surface area contributed by atoms with Crippen LogP contribution in [0.4, 0.5) is 0 Å². The number of hydrogen-bond acceptors (Lipinski definition) is 7. The SMILES string of the molecule is O=C(CCN1C(=O)/C(=C/c2ccco2)SC1=S)N[C@@H]1CSC[C@H]1O. The van der Waals surface area contributed by atoms with Gasteiger partial charge in [0.25, 0.3) is 5.91 Å². The summed E-state index contributed by atoms with van der Waals surface area (Å²) >= 11 is 8.03. The first-order valence-electron chi connectivity index (χ1n) is 7.38. The second-order valence-corrected chi connectivity index (χ2v) is 8.13. The van der Waals surface area contributed by atoms with Gasteiger partial charge in [-0.15, -0.1) is 0 Å². The van der Waals surface area contributed by atoms with Gasteiger partial charge >= 0.3 is 0 Å². The minimum atomic E-state index is -0.508. The molecule has 2 fully saturated rings. The van der Waals surface area contributed by atoms with Crippen molar-refractivity contribution in [2.24, 2.45) is 0 Å². The third-order valence-electron chi connectivity index (χ3n) is 3.65. The quantitative estimate of drug-likeness (QED) is 0.587. The van der Waals surface area contributed by atoms with Crippen LogP contribution in [0.3, 0.4) is 0 Å². The van der Waals surface area contributed by atoms with E-state index >= 15 is 0 Å². The average molecular weight is 385 g/mol. The summed E-state index contributed by atoms with van der Waals surface area (Å²) in [5, 5.41) is 12.5. The number of hydrogen-bond donors (Lipinski definition) is 2. The number of carbonyl (C=O) groups is 2. The van der Waals surface area contributed by atoms with E-state index in [0.29, 0.717) is 26.5 Å². The number of rotatable bonds is 5. The number of thiocarbonyl (C=S) groups is 1. The lowest BCUT2D eigenvalue weighted by atomic mass is 10.2. The molecule has 9 heteroatoms. The van der Waals surface area contributed by atoms with Crippen molar-refractivity contribution in [1.82, 2.24) is 10.2 Å². The van der Waals surface area contributed by atoms with Crippen LogP contribution in [0, 0.1) is 0 Å². The molecule has 2 saturated heterocycles. The van der Waals surface area contributed by atoms with E-state index in [1.807, 2.05) is 0 Å². The zero-order chi connectivity index (χ0) is 17.1. The fourth-order valence-electron chi connectivity index (χ4n) is 2.37. The lowest BCUT2D eigenvalue weighted by molar-refractivity contribution is -0.124. The highest BCUT2D eigenvalue weighted by atomic mass is 32.2. The molecule has 1 aromatic rings. The fourth-order valence-corrected chi connectivity index (χ4v) is 4.83. The van der Waals surface area contributed by atoms with E-state index in [1.165, 1.54) is 22.9 Å². The standard InChI is InChI=1S/C15H16N2O4S3/c18-11-8-23-7-10(11)16-13(19)3-4-17-14(20)12(24-15(17)22)6-9-2-1-5-21-9/h1-2,5-6,10-11,18H,3-4,7-8H2,(H,16,19)/b12-6-/t10-,11-/m1/s1. The van der Waals surface area contributed by atoms with Gasteiger partial charge in [0, 0.05) is 30.5 Å². The van der Waals surface area contributed by atoms with Crippen LogP contribution in [0.1, 0.15) is 12.2 Å². The summed E-state index contributed by atoms with van der Waals surface area (Å²) in [5.41, 5.74) is 0. The van der Waals surface area contributed by atoms with Crippen molar-refractivity contribution in [2.45, 2.75) is 18.6 Å². The Labute approximate surface area is 153 Å². The van der Waals surface area contributed by atoms with Gasteiger partial charge < -0.3 is 14.8 Å². The van der Waals surface area contributed by atoms with Gasteiger partial charge in [0.2, 0.25) is 5.91 Å². The van der Waals surface area contributed by atoms with Crippen molar-refractivity contribution in [3.8, 4) is 0 Å². The normalized spacial score (nSPS) is 25.7. The second kappa shape index (κ2) is 7.73. The topological polar surface area (TPSA) is 82.8 Å². The number of amides is 2. The van der Waals surface area contributed by atoms with Gasteiger partial charge in [0.15, 0.2) is 0 Å². The number of furan rings is 1. The maximum Gasteiger partial charge on any atom is 0.266 e. The molecule has 0 radical (unpaired) electrons. The smallest absolute Gasteiger partial charge is 0.266 e. The zero-order valence-corrected chi connectivity index (χ0v) is 15.1. The van der Waals surface area contributed by atoms with Crippen LogP contribution >= 0.6 is 35.7 Å². The predicted molar refractivity (Wildman–Crippen MR) is 98.5 cm³/mol. The van der Waals surface area contributed by atoms with Crippen LogP contribution in [0.15, 0.2) is 27.7 Å². The molecule has 2 atom stereocenters. The minimum Gasteiger partial charge on any atom is -0.465 e. The first kappa shape index (κ1) is 17.5. The zero-order valence-electron chi connectivity index (χ0n) is 12.6. The Kier molecular flexibility index (Phi) is 5.65. The van der Waals surface area contributed by atoms with Crippen LogP contribution < -0.4 is 5.32 Å². The van der Waals surface area contributed by atoms with Gasteiger partial charge in [-0.2, -0.15) is 11.8 Å². The van der Waals surface area contributed by atoms with E-state index in [9.17, 15) is 14.7 Å². The summed E-state index contributed by atoms with van der Waals surface area (Å²) in [6, 6.07) is 3.28. The highest BCUT2D eigenvalue weighted by molar-refractivity contribution is 8.26. The largest absolute Gasteiger partial charge is 0.465 e. The molecular formula is C15H16N2O4S3. The summed E-state index contributed by atoms with van der Waals surface area (Å²) in [5.74, 6) is 1.52. The molecule has 0 unspecified atom stereocenters. The van der Waals surface area contributed by atoms with Gasteiger partial charge in [-0.1, -0.05) is 24.0 Å². The second-order valence-electron chi connectivity index (χ2n) is 5.38. The van der Waals surface area contributed by atoms with Crippen molar-refractivity contribution in [3.63, 3.8) is 0 Å². The highest BCUT2D eigenvalue weighted by Gasteiger charge is 2.33. The van der Waals surface area contributed by atoms with Crippen LogP contribution in [-0.4, -0.2) is 56.3 Å². The highest BCUT2D eigenvalue weighted by Crippen LogP contribution is 2.32. The Balaban J connectivity index is 1.54. The van der Waals surface area contributed by atoms with E-state index < -0.39 is 6.10 Å². The summed E-state index contributed by atoms with van der Waals surface area (Å²) in [6.45, 7) is 0.224. The summed E-state index contributed by atoms with van der Waals surface area (Å²) in [6.07, 6.45) is 2.82. The Bertz CT molecular complexity index is 674. The molecule has 0 aromatic carbocycles. The molecule has 2 aliphatic heterocycles. The van der Waals surface area contributed by atoms with E-state index in [2.05, 4.69) is 5.32 Å². The van der Waals surface area contributed by atoms with Crippen molar-refractivity contribution >= 4 is 58.0 Å². The number of aliphatic hydroxyl groups excluding tert-OH is 1. The van der Waals surface area contributed by atoms with Gasteiger partial charge in [-0.05, 0) is 12.1 Å². The minimum absolute atomic E-state index is 0.147. The Hall–Kier alpha value is -1.29. The summed E-state index contributed by atoms with van der Waals surface area (Å²) in [7, 11) is 0. The van der Waals surface area contributed by atoms with Crippen LogP contribution in [0.2, 0.25) is 0 Å². The predicted octanol–water partition coefficient (Wildman–Crippen LogP) is 1.46. The van der Waals surface area contributed by atoms with E-state index in [1.54, 1.807) is 30.0 Å². The van der Waals surface area contributed by atoms with Crippen LogP contribution in [0.25, 0.3) is 6.08 Å². The van der Waals surface area contributed by atoms with Crippen molar-refractivity contribution in [1.29, 1.82) is 0 Å². The Morgan fingerprint density at radius 1 is 1.54 bits per heavy atom. The summed E-state index contributed by atoms with van der Waals surface area (Å²) < 4.78 is 5.64. The maximum atomic E-state index is 12.4. The first-order valence-corrected chi connectivity index (χ1v) is 9.76. The van der Waals surface area contributed by atoms with Crippen molar-refractivity contribution < 1.29 is 19.1 Å². The number of nitrogens with one attached hydrogen (secondary N) is 1. The molecule has 2 amide bonds. The molecular weight excluding hydrogens is 368 g/mol. The molecule has 0 spiro atoms. The first-order chi connectivity index (χ1) is 11.5. The maximum absolute atomic E-state index is 12.4. The summed E-state index contributed by atoms with van der Waals surface area (Å²) in [4.78, 5) is 26.3. The van der Waals surface area contributed by atoms with Gasteiger partial charge in [0.05, 0.1) is 23.3 Å². The van der Waals surface area contributed by atoms with Gasteiger partial charge in [-0.25, -0.2) is 0 Å². The van der Waals surface area contributed by atoms with Gasteiger partial charge in [0.1, 0.15) is 10.1 Å². The van der Waals surface area contributed by atoms with Crippen molar-refractivity contribution in [2.75, 3.05) is 18.1 Å².